The molecule has 2 aromatic carbocycles. The predicted octanol–water partition coefficient (Wildman–Crippen LogP) is 3.40. The van der Waals surface area contributed by atoms with Crippen LogP contribution in [0.2, 0.25) is 0 Å². The number of ether oxygens (including phenoxy) is 1. The SMILES string of the molecule is CCc1cc(=O)oc2cc(OCC(=O)Nc3ccc(S(=O)(=O)N(CC)CC)cc3)ccc12. The Kier molecular flexibility index (Phi) is 7.32. The monoisotopic (exact) mass is 458 g/mol. The third kappa shape index (κ3) is 5.17. The maximum Gasteiger partial charge on any atom is 0.336 e. The minimum absolute atomic E-state index is 0.166. The zero-order valence-corrected chi connectivity index (χ0v) is 19.1. The number of carbonyl (C=O) groups excluding carboxylic acids is 1. The zero-order chi connectivity index (χ0) is 23.3. The molecule has 0 atom stereocenters. The van der Waals surface area contributed by atoms with Gasteiger partial charge >= 0.3 is 5.63 Å². The fraction of sp³-hybridized carbons (Fsp3) is 0.304. The van der Waals surface area contributed by atoms with Crippen molar-refractivity contribution in [3.63, 3.8) is 0 Å². The summed E-state index contributed by atoms with van der Waals surface area (Å²) in [5.41, 5.74) is 1.30. The van der Waals surface area contributed by atoms with Crippen LogP contribution in [0.5, 0.6) is 5.75 Å². The van der Waals surface area contributed by atoms with Gasteiger partial charge in [0.15, 0.2) is 6.61 Å². The van der Waals surface area contributed by atoms with E-state index in [1.54, 1.807) is 32.0 Å². The van der Waals surface area contributed by atoms with Crippen molar-refractivity contribution < 1.29 is 22.4 Å². The Bertz CT molecular complexity index is 1260. The van der Waals surface area contributed by atoms with Gasteiger partial charge in [0.25, 0.3) is 5.91 Å². The Balaban J connectivity index is 1.64. The van der Waals surface area contributed by atoms with Crippen LogP contribution in [0.25, 0.3) is 11.0 Å². The summed E-state index contributed by atoms with van der Waals surface area (Å²) in [6.07, 6.45) is 0.694. The number of anilines is 1. The lowest BCUT2D eigenvalue weighted by Gasteiger charge is -2.18. The Morgan fingerprint density at radius 2 is 1.72 bits per heavy atom. The minimum Gasteiger partial charge on any atom is -0.484 e. The van der Waals surface area contributed by atoms with Crippen LogP contribution in [0.15, 0.2) is 62.6 Å². The number of hydrogen-bond donors (Lipinski definition) is 1. The molecule has 0 aliphatic carbocycles. The van der Waals surface area contributed by atoms with E-state index in [4.69, 9.17) is 9.15 Å². The van der Waals surface area contributed by atoms with Crippen molar-refractivity contribution in [1.29, 1.82) is 0 Å². The van der Waals surface area contributed by atoms with E-state index in [2.05, 4.69) is 5.32 Å². The molecule has 1 amide bonds. The molecule has 8 nitrogen and oxygen atoms in total. The summed E-state index contributed by atoms with van der Waals surface area (Å²) in [6.45, 7) is 6.01. The van der Waals surface area contributed by atoms with Crippen molar-refractivity contribution in [1.82, 2.24) is 4.31 Å². The molecule has 9 heteroatoms. The van der Waals surface area contributed by atoms with E-state index in [0.717, 1.165) is 10.9 Å². The average molecular weight is 459 g/mol. The van der Waals surface area contributed by atoms with Gasteiger partial charge in [-0.25, -0.2) is 13.2 Å². The number of nitrogens with one attached hydrogen (secondary N) is 1. The fourth-order valence-corrected chi connectivity index (χ4v) is 4.82. The molecule has 0 spiro atoms. The maximum atomic E-state index is 12.5. The summed E-state index contributed by atoms with van der Waals surface area (Å²) in [5, 5.41) is 3.49. The highest BCUT2D eigenvalue weighted by Crippen LogP contribution is 2.23. The first-order valence-corrected chi connectivity index (χ1v) is 11.8. The third-order valence-corrected chi connectivity index (χ3v) is 7.10. The number of sulfonamides is 1. The number of hydrogen-bond acceptors (Lipinski definition) is 6. The standard InChI is InChI=1S/C23H26N2O6S/c1-4-16-13-23(27)31-21-14-18(9-12-20(16)21)30-15-22(26)24-17-7-10-19(11-8-17)32(28,29)25(5-2)6-3/h7-14H,4-6,15H2,1-3H3,(H,24,26). The normalized spacial score (nSPS) is 11.6. The smallest absolute Gasteiger partial charge is 0.336 e. The minimum atomic E-state index is -3.55. The van der Waals surface area contributed by atoms with Gasteiger partial charge in [-0.15, -0.1) is 0 Å². The fourth-order valence-electron chi connectivity index (χ4n) is 3.36. The number of carbonyl (C=O) groups is 1. The second kappa shape index (κ2) is 9.97. The molecule has 170 valence electrons. The van der Waals surface area contributed by atoms with Gasteiger partial charge in [0.1, 0.15) is 11.3 Å². The quantitative estimate of drug-likeness (QED) is 0.493. The molecular formula is C23H26N2O6S. The average Bonchev–Trinajstić information content (AvgIpc) is 2.77. The second-order valence-electron chi connectivity index (χ2n) is 7.05. The first-order chi connectivity index (χ1) is 15.3. The van der Waals surface area contributed by atoms with Crippen LogP contribution in [-0.4, -0.2) is 38.3 Å². The van der Waals surface area contributed by atoms with E-state index in [-0.39, 0.29) is 11.5 Å². The van der Waals surface area contributed by atoms with Crippen LogP contribution in [0.1, 0.15) is 26.3 Å². The van der Waals surface area contributed by atoms with Crippen LogP contribution in [0, 0.1) is 0 Å². The summed E-state index contributed by atoms with van der Waals surface area (Å²) < 4.78 is 37.2. The van der Waals surface area contributed by atoms with E-state index in [0.29, 0.717) is 36.5 Å². The van der Waals surface area contributed by atoms with E-state index < -0.39 is 21.6 Å². The summed E-state index contributed by atoms with van der Waals surface area (Å²) in [5.74, 6) is -0.0158. The highest BCUT2D eigenvalue weighted by Gasteiger charge is 2.21. The number of aryl methyl sites for hydroxylation is 1. The van der Waals surface area contributed by atoms with Crippen LogP contribution >= 0.6 is 0 Å². The summed E-state index contributed by atoms with van der Waals surface area (Å²) in [6, 6.07) is 12.5. The molecule has 32 heavy (non-hydrogen) atoms. The van der Waals surface area contributed by atoms with E-state index in [1.165, 1.54) is 34.6 Å². The molecular weight excluding hydrogens is 432 g/mol. The van der Waals surface area contributed by atoms with Crippen LogP contribution < -0.4 is 15.7 Å². The Morgan fingerprint density at radius 1 is 1.03 bits per heavy atom. The summed E-state index contributed by atoms with van der Waals surface area (Å²) in [4.78, 5) is 24.1. The Hall–Kier alpha value is -3.17. The highest BCUT2D eigenvalue weighted by molar-refractivity contribution is 7.89. The largest absolute Gasteiger partial charge is 0.484 e. The maximum absolute atomic E-state index is 12.5. The predicted molar refractivity (Wildman–Crippen MR) is 123 cm³/mol. The number of fused-ring (bicyclic) bond motifs is 1. The van der Waals surface area contributed by atoms with Crippen LogP contribution in [0.4, 0.5) is 5.69 Å². The molecule has 3 rings (SSSR count). The molecule has 0 aliphatic heterocycles. The topological polar surface area (TPSA) is 106 Å². The second-order valence-corrected chi connectivity index (χ2v) is 8.99. The lowest BCUT2D eigenvalue weighted by Crippen LogP contribution is -2.30. The summed E-state index contributed by atoms with van der Waals surface area (Å²) in [7, 11) is -3.55. The Labute approximate surface area is 186 Å². The van der Waals surface area contributed by atoms with Gasteiger partial charge in [-0.3, -0.25) is 4.79 Å². The Morgan fingerprint density at radius 3 is 2.34 bits per heavy atom. The van der Waals surface area contributed by atoms with Crippen molar-refractivity contribution in [2.75, 3.05) is 25.0 Å². The molecule has 0 aliphatic rings. The molecule has 1 heterocycles. The van der Waals surface area contributed by atoms with Crippen molar-refractivity contribution in [2.45, 2.75) is 32.1 Å². The summed E-state index contributed by atoms with van der Waals surface area (Å²) >= 11 is 0. The van der Waals surface area contributed by atoms with E-state index in [9.17, 15) is 18.0 Å². The van der Waals surface area contributed by atoms with E-state index >= 15 is 0 Å². The third-order valence-electron chi connectivity index (χ3n) is 5.03. The number of nitrogens with zero attached hydrogens (tertiary/aromatic N) is 1. The van der Waals surface area contributed by atoms with Crippen molar-refractivity contribution >= 4 is 32.6 Å². The molecule has 0 fully saturated rings. The number of rotatable bonds is 9. The van der Waals surface area contributed by atoms with Gasteiger partial charge in [0.05, 0.1) is 4.90 Å². The molecule has 1 N–H and O–H groups in total. The van der Waals surface area contributed by atoms with Gasteiger partial charge < -0.3 is 14.5 Å². The van der Waals surface area contributed by atoms with Gasteiger partial charge in [-0.2, -0.15) is 4.31 Å². The van der Waals surface area contributed by atoms with Gasteiger partial charge in [0, 0.05) is 36.3 Å². The first kappa shape index (κ1) is 23.5. The molecule has 0 unspecified atom stereocenters. The zero-order valence-electron chi connectivity index (χ0n) is 18.3. The van der Waals surface area contributed by atoms with Crippen molar-refractivity contribution in [2.24, 2.45) is 0 Å². The molecule has 0 saturated heterocycles. The number of benzene rings is 2. The molecule has 0 radical (unpaired) electrons. The van der Waals surface area contributed by atoms with Crippen LogP contribution in [0.3, 0.4) is 0 Å². The molecule has 3 aromatic rings. The molecule has 1 aromatic heterocycles. The number of amides is 1. The van der Waals surface area contributed by atoms with Crippen LogP contribution in [-0.2, 0) is 21.2 Å². The van der Waals surface area contributed by atoms with E-state index in [1.807, 2.05) is 6.92 Å². The lowest BCUT2D eigenvalue weighted by molar-refractivity contribution is -0.118. The first-order valence-electron chi connectivity index (χ1n) is 10.4. The van der Waals surface area contributed by atoms with Gasteiger partial charge in [0.2, 0.25) is 10.0 Å². The highest BCUT2D eigenvalue weighted by atomic mass is 32.2. The van der Waals surface area contributed by atoms with Gasteiger partial charge in [-0.1, -0.05) is 20.8 Å². The van der Waals surface area contributed by atoms with Gasteiger partial charge in [-0.05, 0) is 48.4 Å². The lowest BCUT2D eigenvalue weighted by atomic mass is 10.1. The molecule has 0 saturated carbocycles. The molecule has 0 bridgehead atoms. The van der Waals surface area contributed by atoms with Crippen molar-refractivity contribution in [3.05, 3.63) is 64.5 Å². The van der Waals surface area contributed by atoms with Crippen molar-refractivity contribution in [3.8, 4) is 5.75 Å².